The average Bonchev–Trinajstić information content (AvgIpc) is 2.57. The van der Waals surface area contributed by atoms with Gasteiger partial charge in [0, 0.05) is 5.02 Å². The average molecular weight is 357 g/mol. The van der Waals surface area contributed by atoms with Crippen molar-refractivity contribution in [2.45, 2.75) is 13.0 Å². The standard InChI is InChI=1S/C16H12ClF3N2O2/c1-9(24-21-8-10-2-4-11(17)5-3-10)16(23)22-13-7-6-12(18)14(19)15(13)20/h2-9H,1H3,(H,22,23)/b21-8-/t9-/m1/s1. The first-order chi connectivity index (χ1) is 11.4. The molecule has 0 aliphatic rings. The molecule has 8 heteroatoms. The number of carbonyl (C=O) groups is 1. The van der Waals surface area contributed by atoms with Gasteiger partial charge in [-0.05, 0) is 36.8 Å². The molecule has 24 heavy (non-hydrogen) atoms. The fourth-order valence-electron chi connectivity index (χ4n) is 1.64. The summed E-state index contributed by atoms with van der Waals surface area (Å²) < 4.78 is 39.4. The van der Waals surface area contributed by atoms with E-state index in [-0.39, 0.29) is 0 Å². The molecule has 126 valence electrons. The largest absolute Gasteiger partial charge is 0.383 e. The quantitative estimate of drug-likeness (QED) is 0.497. The van der Waals surface area contributed by atoms with Crippen LogP contribution in [-0.4, -0.2) is 18.2 Å². The number of anilines is 1. The van der Waals surface area contributed by atoms with Crippen LogP contribution in [0.25, 0.3) is 0 Å². The molecule has 0 aliphatic heterocycles. The molecule has 1 N–H and O–H groups in total. The van der Waals surface area contributed by atoms with Crippen LogP contribution in [0.2, 0.25) is 5.02 Å². The predicted octanol–water partition coefficient (Wildman–Crippen LogP) is 4.14. The highest BCUT2D eigenvalue weighted by Crippen LogP contribution is 2.19. The summed E-state index contributed by atoms with van der Waals surface area (Å²) in [7, 11) is 0. The molecule has 1 atom stereocenters. The van der Waals surface area contributed by atoms with Crippen LogP contribution in [0, 0.1) is 17.5 Å². The molecule has 0 aromatic heterocycles. The van der Waals surface area contributed by atoms with E-state index < -0.39 is 35.2 Å². The zero-order chi connectivity index (χ0) is 17.7. The second-order valence-electron chi connectivity index (χ2n) is 4.75. The highest BCUT2D eigenvalue weighted by atomic mass is 35.5. The van der Waals surface area contributed by atoms with Gasteiger partial charge in [-0.25, -0.2) is 13.2 Å². The summed E-state index contributed by atoms with van der Waals surface area (Å²) >= 11 is 5.74. The summed E-state index contributed by atoms with van der Waals surface area (Å²) in [6.45, 7) is 1.37. The maximum atomic E-state index is 13.5. The number of rotatable bonds is 5. The maximum Gasteiger partial charge on any atom is 0.268 e. The maximum absolute atomic E-state index is 13.5. The number of benzene rings is 2. The summed E-state index contributed by atoms with van der Waals surface area (Å²) in [5, 5.41) is 6.29. The molecule has 4 nitrogen and oxygen atoms in total. The Kier molecular flexibility index (Phi) is 5.81. The normalized spacial score (nSPS) is 12.2. The summed E-state index contributed by atoms with van der Waals surface area (Å²) in [4.78, 5) is 16.8. The molecule has 2 aromatic carbocycles. The third-order valence-corrected chi connectivity index (χ3v) is 3.21. The highest BCUT2D eigenvalue weighted by molar-refractivity contribution is 6.30. The second-order valence-corrected chi connectivity index (χ2v) is 5.18. The van der Waals surface area contributed by atoms with Gasteiger partial charge in [-0.2, -0.15) is 0 Å². The summed E-state index contributed by atoms with van der Waals surface area (Å²) in [5.74, 6) is -5.27. The number of nitrogens with one attached hydrogen (secondary N) is 1. The molecule has 0 unspecified atom stereocenters. The van der Waals surface area contributed by atoms with Crippen LogP contribution < -0.4 is 5.32 Å². The minimum Gasteiger partial charge on any atom is -0.383 e. The van der Waals surface area contributed by atoms with E-state index in [0.717, 1.165) is 6.07 Å². The van der Waals surface area contributed by atoms with Gasteiger partial charge in [-0.3, -0.25) is 4.79 Å². The number of halogens is 4. The first kappa shape index (κ1) is 17.8. The molecule has 0 saturated carbocycles. The topological polar surface area (TPSA) is 50.7 Å². The predicted molar refractivity (Wildman–Crippen MR) is 84.5 cm³/mol. The Balaban J connectivity index is 1.95. The molecule has 0 fully saturated rings. The molecular formula is C16H12ClF3N2O2. The van der Waals surface area contributed by atoms with E-state index in [1.54, 1.807) is 24.3 Å². The molecule has 1 amide bonds. The van der Waals surface area contributed by atoms with Crippen molar-refractivity contribution < 1.29 is 22.8 Å². The Morgan fingerprint density at radius 2 is 1.83 bits per heavy atom. The minimum atomic E-state index is -1.66. The number of hydrogen-bond acceptors (Lipinski definition) is 3. The lowest BCUT2D eigenvalue weighted by atomic mass is 10.2. The zero-order valence-corrected chi connectivity index (χ0v) is 13.2. The number of nitrogens with zero attached hydrogens (tertiary/aromatic N) is 1. The van der Waals surface area contributed by atoms with Gasteiger partial charge < -0.3 is 10.2 Å². The van der Waals surface area contributed by atoms with Gasteiger partial charge in [0.15, 0.2) is 17.5 Å². The van der Waals surface area contributed by atoms with Crippen LogP contribution in [0.4, 0.5) is 18.9 Å². The van der Waals surface area contributed by atoms with E-state index in [2.05, 4.69) is 10.5 Å². The van der Waals surface area contributed by atoms with Crippen LogP contribution in [0.3, 0.4) is 0 Å². The van der Waals surface area contributed by atoms with Gasteiger partial charge in [0.2, 0.25) is 6.10 Å². The molecule has 0 spiro atoms. The van der Waals surface area contributed by atoms with E-state index in [1.165, 1.54) is 13.1 Å². The van der Waals surface area contributed by atoms with E-state index in [9.17, 15) is 18.0 Å². The smallest absolute Gasteiger partial charge is 0.268 e. The third-order valence-electron chi connectivity index (χ3n) is 2.95. The molecule has 2 rings (SSSR count). The Morgan fingerprint density at radius 3 is 2.50 bits per heavy atom. The van der Waals surface area contributed by atoms with Gasteiger partial charge in [-0.1, -0.05) is 28.9 Å². The lowest BCUT2D eigenvalue weighted by molar-refractivity contribution is -0.126. The monoisotopic (exact) mass is 356 g/mol. The van der Waals surface area contributed by atoms with Crippen molar-refractivity contribution in [3.05, 3.63) is 64.4 Å². The van der Waals surface area contributed by atoms with Crippen LogP contribution >= 0.6 is 11.6 Å². The molecule has 0 aliphatic carbocycles. The van der Waals surface area contributed by atoms with E-state index in [1.807, 2.05) is 0 Å². The molecule has 2 aromatic rings. The Morgan fingerprint density at radius 1 is 1.17 bits per heavy atom. The number of hydrogen-bond donors (Lipinski definition) is 1. The van der Waals surface area contributed by atoms with Gasteiger partial charge in [0.05, 0.1) is 11.9 Å². The van der Waals surface area contributed by atoms with Crippen molar-refractivity contribution in [1.29, 1.82) is 0 Å². The summed E-state index contributed by atoms with van der Waals surface area (Å²) in [5.41, 5.74) is 0.203. The molecule has 0 saturated heterocycles. The Labute approximate surface area is 140 Å². The van der Waals surface area contributed by atoms with E-state index in [0.29, 0.717) is 16.7 Å². The van der Waals surface area contributed by atoms with Gasteiger partial charge in [-0.15, -0.1) is 0 Å². The molecular weight excluding hydrogens is 345 g/mol. The third kappa shape index (κ3) is 4.48. The molecule has 0 bridgehead atoms. The number of amides is 1. The van der Waals surface area contributed by atoms with Crippen LogP contribution in [0.1, 0.15) is 12.5 Å². The van der Waals surface area contributed by atoms with Crippen LogP contribution in [-0.2, 0) is 9.63 Å². The fraction of sp³-hybridized carbons (Fsp3) is 0.125. The highest BCUT2D eigenvalue weighted by Gasteiger charge is 2.19. The van der Waals surface area contributed by atoms with Gasteiger partial charge in [0.25, 0.3) is 5.91 Å². The zero-order valence-electron chi connectivity index (χ0n) is 12.4. The Bertz CT molecular complexity index is 767. The number of oxime groups is 1. The van der Waals surface area contributed by atoms with Crippen LogP contribution in [0.15, 0.2) is 41.6 Å². The molecule has 0 heterocycles. The second kappa shape index (κ2) is 7.83. The summed E-state index contributed by atoms with van der Waals surface area (Å²) in [6, 6.07) is 8.32. The van der Waals surface area contributed by atoms with E-state index >= 15 is 0 Å². The van der Waals surface area contributed by atoms with Crippen molar-refractivity contribution in [2.75, 3.05) is 5.32 Å². The van der Waals surface area contributed by atoms with Crippen molar-refractivity contribution >= 4 is 29.4 Å². The van der Waals surface area contributed by atoms with Gasteiger partial charge >= 0.3 is 0 Å². The first-order valence-corrected chi connectivity index (χ1v) is 7.15. The van der Waals surface area contributed by atoms with Crippen LogP contribution in [0.5, 0.6) is 0 Å². The minimum absolute atomic E-state index is 0.490. The van der Waals surface area contributed by atoms with E-state index in [4.69, 9.17) is 16.4 Å². The molecule has 0 radical (unpaired) electrons. The van der Waals surface area contributed by atoms with Crippen molar-refractivity contribution in [1.82, 2.24) is 0 Å². The lowest BCUT2D eigenvalue weighted by Crippen LogP contribution is -2.27. The van der Waals surface area contributed by atoms with Gasteiger partial charge in [0.1, 0.15) is 0 Å². The Hall–Kier alpha value is -2.54. The number of carbonyl (C=O) groups excluding carboxylic acids is 1. The van der Waals surface area contributed by atoms with Crippen molar-refractivity contribution in [2.24, 2.45) is 5.16 Å². The lowest BCUT2D eigenvalue weighted by Gasteiger charge is -2.11. The SMILES string of the molecule is C[C@@H](O/N=C\c1ccc(Cl)cc1)C(=O)Nc1ccc(F)c(F)c1F. The van der Waals surface area contributed by atoms with Crippen molar-refractivity contribution in [3.63, 3.8) is 0 Å². The fourth-order valence-corrected chi connectivity index (χ4v) is 1.76. The summed E-state index contributed by atoms with van der Waals surface area (Å²) in [6.07, 6.45) is 0.277. The first-order valence-electron chi connectivity index (χ1n) is 6.77. The van der Waals surface area contributed by atoms with Crippen molar-refractivity contribution in [3.8, 4) is 0 Å².